The van der Waals surface area contributed by atoms with Crippen LogP contribution in [0.25, 0.3) is 0 Å². The van der Waals surface area contributed by atoms with Gasteiger partial charge in [-0.1, -0.05) is 48.9 Å². The van der Waals surface area contributed by atoms with Gasteiger partial charge in [-0.05, 0) is 43.0 Å². The number of aliphatic imine (C=N–C) groups is 1. The first-order valence-electron chi connectivity index (χ1n) is 9.59. The third kappa shape index (κ3) is 5.47. The summed E-state index contributed by atoms with van der Waals surface area (Å²) in [7, 11) is 0. The number of carbonyl (C=O) groups is 1. The van der Waals surface area contributed by atoms with Crippen LogP contribution in [0.3, 0.4) is 0 Å². The third-order valence-corrected chi connectivity index (χ3v) is 5.27. The molecule has 0 saturated heterocycles. The molecule has 0 radical (unpaired) electrons. The Bertz CT molecular complexity index is 803. The van der Waals surface area contributed by atoms with Gasteiger partial charge < -0.3 is 16.4 Å². The lowest BCUT2D eigenvalue weighted by Gasteiger charge is -2.43. The van der Waals surface area contributed by atoms with E-state index in [0.717, 1.165) is 24.6 Å². The first-order valence-corrected chi connectivity index (χ1v) is 9.59. The van der Waals surface area contributed by atoms with Crippen molar-refractivity contribution < 1.29 is 4.79 Å². The molecule has 1 saturated carbocycles. The van der Waals surface area contributed by atoms with Gasteiger partial charge in [-0.15, -0.1) is 24.0 Å². The van der Waals surface area contributed by atoms with Crippen molar-refractivity contribution in [2.75, 3.05) is 13.1 Å². The van der Waals surface area contributed by atoms with Gasteiger partial charge in [-0.25, -0.2) is 4.99 Å². The maximum atomic E-state index is 11.3. The van der Waals surface area contributed by atoms with Gasteiger partial charge in [0.1, 0.15) is 0 Å². The molecular weight excluding hydrogens is 463 g/mol. The van der Waals surface area contributed by atoms with E-state index in [-0.39, 0.29) is 29.4 Å². The minimum atomic E-state index is -0.416. The molecule has 0 heterocycles. The number of hydrogen-bond acceptors (Lipinski definition) is 2. The molecule has 2 aromatic carbocycles. The minimum absolute atomic E-state index is 0. The van der Waals surface area contributed by atoms with Crippen LogP contribution in [0, 0.1) is 0 Å². The molecule has 0 spiro atoms. The molecule has 2 aromatic rings. The molecule has 1 aliphatic carbocycles. The maximum absolute atomic E-state index is 11.3. The van der Waals surface area contributed by atoms with Gasteiger partial charge in [-0.2, -0.15) is 0 Å². The molecule has 0 atom stereocenters. The highest BCUT2D eigenvalue weighted by Gasteiger charge is 2.38. The lowest BCUT2D eigenvalue weighted by Crippen LogP contribution is -2.48. The summed E-state index contributed by atoms with van der Waals surface area (Å²) in [5.74, 6) is 0.379. The Labute approximate surface area is 184 Å². The van der Waals surface area contributed by atoms with Crippen LogP contribution in [0.15, 0.2) is 59.6 Å². The number of nitrogens with one attached hydrogen (secondary N) is 2. The van der Waals surface area contributed by atoms with Crippen LogP contribution in [0.2, 0.25) is 0 Å². The molecule has 1 aliphatic rings. The molecule has 3 rings (SSSR count). The van der Waals surface area contributed by atoms with Gasteiger partial charge in [0.05, 0.1) is 6.54 Å². The summed E-state index contributed by atoms with van der Waals surface area (Å²) in [5, 5.41) is 6.83. The molecule has 4 N–H and O–H groups in total. The number of nitrogens with two attached hydrogens (primary N) is 1. The topological polar surface area (TPSA) is 79.5 Å². The second kappa shape index (κ2) is 10.5. The minimum Gasteiger partial charge on any atom is -0.366 e. The number of rotatable bonds is 7. The largest absolute Gasteiger partial charge is 0.366 e. The Morgan fingerprint density at radius 3 is 2.46 bits per heavy atom. The number of primary amides is 1. The number of hydrogen-bond donors (Lipinski definition) is 3. The Balaban J connectivity index is 0.00000280. The number of nitrogens with zero attached hydrogens (tertiary/aromatic N) is 1. The molecule has 0 unspecified atom stereocenters. The molecule has 6 heteroatoms. The summed E-state index contributed by atoms with van der Waals surface area (Å²) in [6.45, 7) is 4.21. The van der Waals surface area contributed by atoms with E-state index in [0.29, 0.717) is 12.1 Å². The SMILES string of the molecule is CCNC(=NCc1cccc(C(N)=O)c1)NCC1(c2ccccc2)CCC1.I. The number of benzene rings is 2. The van der Waals surface area contributed by atoms with Gasteiger partial charge in [-0.3, -0.25) is 4.79 Å². The molecule has 1 amide bonds. The molecule has 1 fully saturated rings. The normalized spacial score (nSPS) is 15.1. The smallest absolute Gasteiger partial charge is 0.248 e. The summed E-state index contributed by atoms with van der Waals surface area (Å²) < 4.78 is 0. The van der Waals surface area contributed by atoms with E-state index < -0.39 is 5.91 Å². The van der Waals surface area contributed by atoms with Crippen LogP contribution in [0.5, 0.6) is 0 Å². The Kier molecular flexibility index (Phi) is 8.29. The number of guanidine groups is 1. The highest BCUT2D eigenvalue weighted by Crippen LogP contribution is 2.43. The third-order valence-electron chi connectivity index (χ3n) is 5.27. The van der Waals surface area contributed by atoms with Gasteiger partial charge in [0.25, 0.3) is 0 Å². The summed E-state index contributed by atoms with van der Waals surface area (Å²) in [6.07, 6.45) is 3.66. The van der Waals surface area contributed by atoms with Crippen LogP contribution in [-0.2, 0) is 12.0 Å². The molecule has 5 nitrogen and oxygen atoms in total. The summed E-state index contributed by atoms with van der Waals surface area (Å²) in [5.41, 5.74) is 8.43. The second-order valence-electron chi connectivity index (χ2n) is 7.11. The standard InChI is InChI=1S/C22H28N4O.HI/c1-2-24-21(25-15-17-8-6-9-18(14-17)20(23)27)26-16-22(12-7-13-22)19-10-4-3-5-11-19;/h3-6,8-11,14H,2,7,12-13,15-16H2,1H3,(H2,23,27)(H2,24,25,26);1H. The van der Waals surface area contributed by atoms with E-state index in [2.05, 4.69) is 52.9 Å². The predicted octanol–water partition coefficient (Wildman–Crippen LogP) is 3.58. The van der Waals surface area contributed by atoms with Crippen molar-refractivity contribution in [3.63, 3.8) is 0 Å². The van der Waals surface area contributed by atoms with Crippen LogP contribution in [-0.4, -0.2) is 25.0 Å². The highest BCUT2D eigenvalue weighted by molar-refractivity contribution is 14.0. The van der Waals surface area contributed by atoms with Crippen molar-refractivity contribution >= 4 is 35.8 Å². The molecule has 0 aliphatic heterocycles. The summed E-state index contributed by atoms with van der Waals surface area (Å²) >= 11 is 0. The van der Waals surface area contributed by atoms with Crippen molar-refractivity contribution in [3.8, 4) is 0 Å². The lowest BCUT2D eigenvalue weighted by molar-refractivity contribution is 0.1000. The maximum Gasteiger partial charge on any atom is 0.248 e. The average Bonchev–Trinajstić information content (AvgIpc) is 2.66. The van der Waals surface area contributed by atoms with E-state index in [1.807, 2.05) is 12.1 Å². The monoisotopic (exact) mass is 492 g/mol. The Morgan fingerprint density at radius 1 is 1.11 bits per heavy atom. The van der Waals surface area contributed by atoms with Crippen LogP contribution in [0.1, 0.15) is 47.7 Å². The fourth-order valence-electron chi connectivity index (χ4n) is 3.55. The molecular formula is C22H29IN4O. The van der Waals surface area contributed by atoms with Crippen LogP contribution < -0.4 is 16.4 Å². The van der Waals surface area contributed by atoms with E-state index in [4.69, 9.17) is 5.73 Å². The van der Waals surface area contributed by atoms with Crippen molar-refractivity contribution in [3.05, 3.63) is 71.3 Å². The van der Waals surface area contributed by atoms with Gasteiger partial charge in [0, 0.05) is 24.1 Å². The number of halogens is 1. The van der Waals surface area contributed by atoms with Crippen LogP contribution >= 0.6 is 24.0 Å². The first-order chi connectivity index (χ1) is 13.1. The van der Waals surface area contributed by atoms with Crippen molar-refractivity contribution in [1.29, 1.82) is 0 Å². The Morgan fingerprint density at radius 2 is 1.86 bits per heavy atom. The average molecular weight is 492 g/mol. The first kappa shape index (κ1) is 22.2. The van der Waals surface area contributed by atoms with Crippen molar-refractivity contribution in [2.24, 2.45) is 10.7 Å². The molecule has 0 bridgehead atoms. The van der Waals surface area contributed by atoms with Gasteiger partial charge >= 0.3 is 0 Å². The molecule has 150 valence electrons. The zero-order valence-corrected chi connectivity index (χ0v) is 18.6. The zero-order valence-electron chi connectivity index (χ0n) is 16.3. The lowest BCUT2D eigenvalue weighted by atomic mass is 9.64. The summed E-state index contributed by atoms with van der Waals surface area (Å²) in [4.78, 5) is 16.0. The van der Waals surface area contributed by atoms with E-state index in [1.165, 1.54) is 24.8 Å². The quantitative estimate of drug-likeness (QED) is 0.314. The second-order valence-corrected chi connectivity index (χ2v) is 7.11. The van der Waals surface area contributed by atoms with E-state index in [1.54, 1.807) is 12.1 Å². The molecule has 0 aromatic heterocycles. The summed E-state index contributed by atoms with van der Waals surface area (Å²) in [6, 6.07) is 18.0. The van der Waals surface area contributed by atoms with Crippen molar-refractivity contribution in [2.45, 2.75) is 38.1 Å². The van der Waals surface area contributed by atoms with E-state index >= 15 is 0 Å². The van der Waals surface area contributed by atoms with Gasteiger partial charge in [0.15, 0.2) is 5.96 Å². The van der Waals surface area contributed by atoms with Crippen LogP contribution in [0.4, 0.5) is 0 Å². The van der Waals surface area contributed by atoms with Crippen molar-refractivity contribution in [1.82, 2.24) is 10.6 Å². The highest BCUT2D eigenvalue weighted by atomic mass is 127. The number of amides is 1. The molecule has 28 heavy (non-hydrogen) atoms. The fraction of sp³-hybridized carbons (Fsp3) is 0.364. The zero-order chi connectivity index (χ0) is 19.1. The predicted molar refractivity (Wildman–Crippen MR) is 125 cm³/mol. The Hall–Kier alpha value is -2.09. The van der Waals surface area contributed by atoms with E-state index in [9.17, 15) is 4.79 Å². The fourth-order valence-corrected chi connectivity index (χ4v) is 3.55. The van der Waals surface area contributed by atoms with Gasteiger partial charge in [0.2, 0.25) is 5.91 Å². The number of carbonyl (C=O) groups excluding carboxylic acids is 1.